The summed E-state index contributed by atoms with van der Waals surface area (Å²) in [7, 11) is -3.68. The minimum Gasteiger partial charge on any atom is -0.345 e. The lowest BCUT2D eigenvalue weighted by molar-refractivity contribution is -0.137. The van der Waals surface area contributed by atoms with Gasteiger partial charge < -0.3 is 10.6 Å². The van der Waals surface area contributed by atoms with Crippen molar-refractivity contribution in [2.45, 2.75) is 43.5 Å². The molecule has 0 saturated carbocycles. The van der Waals surface area contributed by atoms with Crippen LogP contribution in [0.3, 0.4) is 0 Å². The van der Waals surface area contributed by atoms with Gasteiger partial charge in [0.05, 0.1) is 33.5 Å². The Labute approximate surface area is 273 Å². The Morgan fingerprint density at radius 2 is 1.70 bits per heavy atom. The smallest absolute Gasteiger partial charge is 0.345 e. The fraction of sp³-hybridized carbons (Fsp3) is 0.267. The number of nitrogens with zero attached hydrogens (tertiary/aromatic N) is 4. The van der Waals surface area contributed by atoms with Gasteiger partial charge in [0.25, 0.3) is 5.91 Å². The SMILES string of the molecule is CCN(CC)S(=O)(=O)c1ccc(C(=O)NCc2nnc(SCC(=O)Nc3cc(C(F)(F)F)ccc3Cl)n2-c2cccc(C)c2)cc1. The molecule has 0 saturated heterocycles. The van der Waals surface area contributed by atoms with Gasteiger partial charge in [-0.1, -0.05) is 49.3 Å². The van der Waals surface area contributed by atoms with Crippen LogP contribution in [0.5, 0.6) is 0 Å². The van der Waals surface area contributed by atoms with E-state index in [0.29, 0.717) is 29.8 Å². The molecule has 3 aromatic carbocycles. The van der Waals surface area contributed by atoms with Crippen molar-refractivity contribution in [3.63, 3.8) is 0 Å². The number of carbonyl (C=O) groups is 2. The van der Waals surface area contributed by atoms with Crippen LogP contribution in [-0.4, -0.2) is 58.1 Å². The molecule has 2 amide bonds. The van der Waals surface area contributed by atoms with Gasteiger partial charge in [-0.05, 0) is 67.1 Å². The number of aromatic nitrogens is 3. The van der Waals surface area contributed by atoms with E-state index in [1.165, 1.54) is 28.6 Å². The van der Waals surface area contributed by atoms with Crippen LogP contribution in [0, 0.1) is 6.92 Å². The largest absolute Gasteiger partial charge is 0.416 e. The van der Waals surface area contributed by atoms with E-state index in [-0.39, 0.29) is 33.5 Å². The number of thioether (sulfide) groups is 1. The van der Waals surface area contributed by atoms with Crippen molar-refractivity contribution in [1.29, 1.82) is 0 Å². The monoisotopic (exact) mass is 694 g/mol. The summed E-state index contributed by atoms with van der Waals surface area (Å²) in [4.78, 5) is 25.8. The van der Waals surface area contributed by atoms with Crippen LogP contribution in [0.2, 0.25) is 5.02 Å². The van der Waals surface area contributed by atoms with Crippen LogP contribution in [-0.2, 0) is 27.5 Å². The molecular formula is C30H30ClF3N6O4S2. The number of anilines is 1. The maximum absolute atomic E-state index is 13.1. The van der Waals surface area contributed by atoms with Gasteiger partial charge in [0.2, 0.25) is 15.9 Å². The number of hydrogen-bond donors (Lipinski definition) is 2. The summed E-state index contributed by atoms with van der Waals surface area (Å²) in [6.07, 6.45) is -4.61. The fourth-order valence-corrected chi connectivity index (χ4v) is 6.79. The molecule has 16 heteroatoms. The number of hydrogen-bond acceptors (Lipinski definition) is 7. The maximum atomic E-state index is 13.1. The molecule has 0 radical (unpaired) electrons. The van der Waals surface area contributed by atoms with E-state index in [9.17, 15) is 31.2 Å². The van der Waals surface area contributed by atoms with Crippen molar-refractivity contribution in [3.05, 3.63) is 94.3 Å². The van der Waals surface area contributed by atoms with Gasteiger partial charge in [0.1, 0.15) is 0 Å². The normalized spacial score (nSPS) is 11.9. The number of rotatable bonds is 12. The molecule has 0 spiro atoms. The first kappa shape index (κ1) is 34.9. The third-order valence-corrected chi connectivity index (χ3v) is 10.0. The first-order valence-corrected chi connectivity index (χ1v) is 16.7. The van der Waals surface area contributed by atoms with Crippen LogP contribution < -0.4 is 10.6 Å². The second-order valence-corrected chi connectivity index (χ2v) is 13.2. The zero-order valence-corrected chi connectivity index (χ0v) is 27.3. The van der Waals surface area contributed by atoms with Gasteiger partial charge in [-0.3, -0.25) is 14.2 Å². The number of amides is 2. The fourth-order valence-electron chi connectivity index (χ4n) is 4.40. The number of alkyl halides is 3. The number of benzene rings is 3. The summed E-state index contributed by atoms with van der Waals surface area (Å²) >= 11 is 7.00. The van der Waals surface area contributed by atoms with Crippen molar-refractivity contribution in [2.24, 2.45) is 0 Å². The Balaban J connectivity index is 1.49. The van der Waals surface area contributed by atoms with Crippen molar-refractivity contribution < 1.29 is 31.2 Å². The van der Waals surface area contributed by atoms with Crippen molar-refractivity contribution in [1.82, 2.24) is 24.4 Å². The van der Waals surface area contributed by atoms with E-state index in [2.05, 4.69) is 20.8 Å². The zero-order valence-electron chi connectivity index (χ0n) is 24.9. The first-order valence-electron chi connectivity index (χ1n) is 13.9. The Hall–Kier alpha value is -3.92. The van der Waals surface area contributed by atoms with Crippen LogP contribution in [0.4, 0.5) is 18.9 Å². The van der Waals surface area contributed by atoms with Crippen LogP contribution in [0.15, 0.2) is 76.8 Å². The van der Waals surface area contributed by atoms with Gasteiger partial charge in [-0.15, -0.1) is 10.2 Å². The Kier molecular flexibility index (Phi) is 11.1. The molecule has 0 aliphatic rings. The highest BCUT2D eigenvalue weighted by Gasteiger charge is 2.31. The molecule has 46 heavy (non-hydrogen) atoms. The number of nitrogens with one attached hydrogen (secondary N) is 2. The minimum absolute atomic E-state index is 0.0486. The predicted octanol–water partition coefficient (Wildman–Crippen LogP) is 5.94. The van der Waals surface area contributed by atoms with Gasteiger partial charge in [0, 0.05) is 24.3 Å². The summed E-state index contributed by atoms with van der Waals surface area (Å²) in [5, 5.41) is 13.8. The van der Waals surface area contributed by atoms with Gasteiger partial charge >= 0.3 is 6.18 Å². The Morgan fingerprint density at radius 3 is 2.33 bits per heavy atom. The summed E-state index contributed by atoms with van der Waals surface area (Å²) in [6, 6.07) is 15.6. The highest BCUT2D eigenvalue weighted by molar-refractivity contribution is 7.99. The molecule has 0 atom stereocenters. The molecule has 10 nitrogen and oxygen atoms in total. The Bertz CT molecular complexity index is 1830. The standard InChI is InChI=1S/C30H30ClF3N6O4S2/c1-4-39(5-2)46(43,44)23-12-9-20(10-13-23)28(42)35-17-26-37-38-29(40(26)22-8-6-7-19(3)15-22)45-18-27(41)36-25-16-21(30(32,33)34)11-14-24(25)31/h6-16H,4-5,17-18H2,1-3H3,(H,35,42)(H,36,41). The first-order chi connectivity index (χ1) is 21.7. The van der Waals surface area contributed by atoms with E-state index in [1.807, 2.05) is 25.1 Å². The molecule has 0 aliphatic heterocycles. The van der Waals surface area contributed by atoms with E-state index < -0.39 is 33.6 Å². The third kappa shape index (κ3) is 8.26. The molecular weight excluding hydrogens is 665 g/mol. The summed E-state index contributed by atoms with van der Waals surface area (Å²) in [5.74, 6) is -0.988. The number of halogens is 4. The van der Waals surface area contributed by atoms with Gasteiger partial charge in [-0.25, -0.2) is 8.42 Å². The number of carbonyl (C=O) groups excluding carboxylic acids is 2. The molecule has 0 unspecified atom stereocenters. The maximum Gasteiger partial charge on any atom is 0.416 e. The second kappa shape index (κ2) is 14.7. The molecule has 0 fully saturated rings. The molecule has 0 bridgehead atoms. The van der Waals surface area contributed by atoms with Gasteiger partial charge in [0.15, 0.2) is 11.0 Å². The van der Waals surface area contributed by atoms with Crippen LogP contribution in [0.25, 0.3) is 5.69 Å². The summed E-state index contributed by atoms with van der Waals surface area (Å²) < 4.78 is 67.9. The quantitative estimate of drug-likeness (QED) is 0.176. The Morgan fingerprint density at radius 1 is 1.00 bits per heavy atom. The third-order valence-electron chi connectivity index (χ3n) is 6.73. The average Bonchev–Trinajstić information content (AvgIpc) is 3.42. The molecule has 4 rings (SSSR count). The molecule has 1 aromatic heterocycles. The highest BCUT2D eigenvalue weighted by Crippen LogP contribution is 2.34. The van der Waals surface area contributed by atoms with E-state index >= 15 is 0 Å². The lowest BCUT2D eigenvalue weighted by Crippen LogP contribution is -2.30. The molecule has 1 heterocycles. The average molecular weight is 695 g/mol. The lowest BCUT2D eigenvalue weighted by Gasteiger charge is -2.18. The minimum atomic E-state index is -4.61. The van der Waals surface area contributed by atoms with Crippen LogP contribution in [0.1, 0.15) is 41.2 Å². The van der Waals surface area contributed by atoms with Crippen LogP contribution >= 0.6 is 23.4 Å². The summed E-state index contributed by atoms with van der Waals surface area (Å²) in [5.41, 5.74) is 0.688. The highest BCUT2D eigenvalue weighted by atomic mass is 35.5. The van der Waals surface area contributed by atoms with E-state index in [4.69, 9.17) is 11.6 Å². The van der Waals surface area contributed by atoms with Crippen molar-refractivity contribution in [3.8, 4) is 5.69 Å². The molecule has 244 valence electrons. The molecule has 0 aliphatic carbocycles. The zero-order chi connectivity index (χ0) is 33.6. The molecule has 2 N–H and O–H groups in total. The topological polar surface area (TPSA) is 126 Å². The predicted molar refractivity (Wildman–Crippen MR) is 170 cm³/mol. The van der Waals surface area contributed by atoms with E-state index in [1.54, 1.807) is 24.5 Å². The number of aryl methyl sites for hydroxylation is 1. The van der Waals surface area contributed by atoms with E-state index in [0.717, 1.165) is 35.5 Å². The summed E-state index contributed by atoms with van der Waals surface area (Å²) in [6.45, 7) is 5.95. The number of sulfonamides is 1. The lowest BCUT2D eigenvalue weighted by atomic mass is 10.2. The molecule has 4 aromatic rings. The second-order valence-electron chi connectivity index (χ2n) is 9.90. The van der Waals surface area contributed by atoms with Crippen molar-refractivity contribution in [2.75, 3.05) is 24.2 Å². The van der Waals surface area contributed by atoms with Gasteiger partial charge in [-0.2, -0.15) is 17.5 Å². The van der Waals surface area contributed by atoms with Crippen molar-refractivity contribution >= 4 is 50.9 Å².